The molecule has 0 aromatic heterocycles. The number of piperidine rings is 1. The summed E-state index contributed by atoms with van der Waals surface area (Å²) in [6, 6.07) is 7.27. The van der Waals surface area contributed by atoms with E-state index in [1.165, 1.54) is 12.8 Å². The van der Waals surface area contributed by atoms with Crippen molar-refractivity contribution in [1.82, 2.24) is 21.5 Å². The molecule has 29 heavy (non-hydrogen) atoms. The fourth-order valence-corrected chi connectivity index (χ4v) is 4.35. The van der Waals surface area contributed by atoms with Crippen LogP contribution in [0.3, 0.4) is 0 Å². The van der Waals surface area contributed by atoms with Crippen LogP contribution in [0.1, 0.15) is 26.2 Å². The Balaban J connectivity index is 0.00000240. The van der Waals surface area contributed by atoms with Crippen LogP contribution >= 0.6 is 12.4 Å². The molecule has 3 heterocycles. The molecule has 4 atom stereocenters. The van der Waals surface area contributed by atoms with Crippen molar-refractivity contribution in [3.05, 3.63) is 24.3 Å². The second kappa shape index (κ2) is 9.75. The van der Waals surface area contributed by atoms with E-state index in [-0.39, 0.29) is 36.2 Å². The van der Waals surface area contributed by atoms with E-state index in [1.54, 1.807) is 6.92 Å². The van der Waals surface area contributed by atoms with Gasteiger partial charge in [-0.1, -0.05) is 6.07 Å². The summed E-state index contributed by atoms with van der Waals surface area (Å²) in [5.74, 6) is -0.158. The molecular formula is C20H31ClN6O2. The molecule has 8 nitrogen and oxygen atoms in total. The highest BCUT2D eigenvalue weighted by atomic mass is 35.5. The highest BCUT2D eigenvalue weighted by Gasteiger charge is 2.41. The maximum atomic E-state index is 12.7. The number of hydrazine groups is 1. The molecule has 5 N–H and O–H groups in total. The van der Waals surface area contributed by atoms with E-state index < -0.39 is 6.04 Å². The third-order valence-corrected chi connectivity index (χ3v) is 6.00. The van der Waals surface area contributed by atoms with E-state index in [9.17, 15) is 9.59 Å². The second-order valence-electron chi connectivity index (χ2n) is 7.99. The van der Waals surface area contributed by atoms with Crippen molar-refractivity contribution < 1.29 is 9.59 Å². The molecule has 3 saturated heterocycles. The van der Waals surface area contributed by atoms with Crippen molar-refractivity contribution in [2.75, 3.05) is 36.4 Å². The number of fused-ring (bicyclic) bond motifs is 1. The number of carbonyl (C=O) groups is 2. The Hall–Kier alpha value is -1.87. The summed E-state index contributed by atoms with van der Waals surface area (Å²) in [5.41, 5.74) is 8.19. The molecule has 3 aliphatic heterocycles. The van der Waals surface area contributed by atoms with E-state index in [0.29, 0.717) is 6.04 Å². The van der Waals surface area contributed by atoms with Crippen molar-refractivity contribution in [2.45, 2.75) is 44.3 Å². The molecule has 1 aromatic carbocycles. The van der Waals surface area contributed by atoms with Gasteiger partial charge in [-0.05, 0) is 50.9 Å². The highest BCUT2D eigenvalue weighted by Crippen LogP contribution is 2.23. The highest BCUT2D eigenvalue weighted by molar-refractivity contribution is 5.98. The van der Waals surface area contributed by atoms with Crippen molar-refractivity contribution in [2.24, 2.45) is 5.92 Å². The van der Waals surface area contributed by atoms with Crippen molar-refractivity contribution >= 4 is 35.6 Å². The number of nitrogens with zero attached hydrogens (tertiary/aromatic N) is 1. The predicted molar refractivity (Wildman–Crippen MR) is 116 cm³/mol. The summed E-state index contributed by atoms with van der Waals surface area (Å²) in [5, 5.41) is 9.12. The zero-order chi connectivity index (χ0) is 19.5. The van der Waals surface area contributed by atoms with Crippen LogP contribution in [0.4, 0.5) is 11.4 Å². The molecule has 3 aliphatic rings. The van der Waals surface area contributed by atoms with Gasteiger partial charge in [0.1, 0.15) is 12.1 Å². The Kier molecular flexibility index (Phi) is 7.34. The van der Waals surface area contributed by atoms with Gasteiger partial charge in [0.05, 0.1) is 0 Å². The summed E-state index contributed by atoms with van der Waals surface area (Å²) < 4.78 is 0. The van der Waals surface area contributed by atoms with Gasteiger partial charge in [0.2, 0.25) is 11.8 Å². The van der Waals surface area contributed by atoms with Crippen molar-refractivity contribution in [3.8, 4) is 0 Å². The number of anilines is 2. The summed E-state index contributed by atoms with van der Waals surface area (Å²) in [6.45, 7) is 5.59. The van der Waals surface area contributed by atoms with Crippen LogP contribution in [0, 0.1) is 5.92 Å². The summed E-state index contributed by atoms with van der Waals surface area (Å²) in [6.07, 6.45) is 3.41. The Labute approximate surface area is 177 Å². The van der Waals surface area contributed by atoms with Gasteiger partial charge in [-0.3, -0.25) is 15.0 Å². The standard InChI is InChI=1S/C20H30N6O2.ClH/c1-13(22-20(28)18-16-12-21-8-7-17(16)24-25-18)19(27)23-14-5-4-6-15(11-14)26-9-2-3-10-26;/h4-6,11,13,16-18,21,24-25H,2-3,7-10,12H2,1H3,(H,22,28)(H,23,27);1H. The first-order valence-corrected chi connectivity index (χ1v) is 10.3. The maximum Gasteiger partial charge on any atom is 0.246 e. The van der Waals surface area contributed by atoms with Gasteiger partial charge in [-0.25, -0.2) is 5.43 Å². The third-order valence-electron chi connectivity index (χ3n) is 6.00. The van der Waals surface area contributed by atoms with E-state index in [0.717, 1.165) is 44.0 Å². The molecule has 0 bridgehead atoms. The average Bonchev–Trinajstić information content (AvgIpc) is 3.38. The molecule has 1 aromatic rings. The van der Waals surface area contributed by atoms with E-state index in [4.69, 9.17) is 0 Å². The van der Waals surface area contributed by atoms with Gasteiger partial charge < -0.3 is 20.9 Å². The lowest BCUT2D eigenvalue weighted by Crippen LogP contribution is -2.53. The minimum Gasteiger partial charge on any atom is -0.371 e. The maximum absolute atomic E-state index is 12.7. The molecule has 0 saturated carbocycles. The Morgan fingerprint density at radius 1 is 1.21 bits per heavy atom. The fraction of sp³-hybridized carbons (Fsp3) is 0.600. The Morgan fingerprint density at radius 3 is 2.79 bits per heavy atom. The molecule has 2 amide bonds. The Bertz CT molecular complexity index is 727. The number of carbonyl (C=O) groups excluding carboxylic acids is 2. The Morgan fingerprint density at radius 2 is 2.00 bits per heavy atom. The zero-order valence-corrected chi connectivity index (χ0v) is 17.6. The van der Waals surface area contributed by atoms with Crippen LogP contribution in [0.5, 0.6) is 0 Å². The molecule has 4 unspecified atom stereocenters. The van der Waals surface area contributed by atoms with Crippen molar-refractivity contribution in [1.29, 1.82) is 0 Å². The smallest absolute Gasteiger partial charge is 0.246 e. The van der Waals surface area contributed by atoms with Crippen LogP contribution in [0.15, 0.2) is 24.3 Å². The van der Waals surface area contributed by atoms with Gasteiger partial charge in [0.25, 0.3) is 0 Å². The SMILES string of the molecule is CC(NC(=O)C1NNC2CCNCC21)C(=O)Nc1cccc(N2CCCC2)c1.Cl. The van der Waals surface area contributed by atoms with E-state index in [1.807, 2.05) is 18.2 Å². The number of nitrogens with one attached hydrogen (secondary N) is 5. The van der Waals surface area contributed by atoms with Crippen LogP contribution in [0.2, 0.25) is 0 Å². The van der Waals surface area contributed by atoms with Crippen LogP contribution in [0.25, 0.3) is 0 Å². The zero-order valence-electron chi connectivity index (χ0n) is 16.7. The van der Waals surface area contributed by atoms with Gasteiger partial charge >= 0.3 is 0 Å². The van der Waals surface area contributed by atoms with Gasteiger partial charge in [-0.15, -0.1) is 12.4 Å². The minimum absolute atomic E-state index is 0. The van der Waals surface area contributed by atoms with Crippen LogP contribution in [-0.4, -0.2) is 56.1 Å². The number of rotatable bonds is 5. The average molecular weight is 423 g/mol. The van der Waals surface area contributed by atoms with E-state index in [2.05, 4.69) is 37.8 Å². The molecule has 160 valence electrons. The molecular weight excluding hydrogens is 392 g/mol. The second-order valence-corrected chi connectivity index (χ2v) is 7.99. The van der Waals surface area contributed by atoms with Crippen LogP contribution in [-0.2, 0) is 9.59 Å². The van der Waals surface area contributed by atoms with Crippen molar-refractivity contribution in [3.63, 3.8) is 0 Å². The molecule has 0 radical (unpaired) electrons. The molecule has 3 fully saturated rings. The first kappa shape index (κ1) is 21.8. The normalized spacial score (nSPS) is 26.9. The summed E-state index contributed by atoms with van der Waals surface area (Å²) in [7, 11) is 0. The number of hydrogen-bond donors (Lipinski definition) is 5. The topological polar surface area (TPSA) is 97.5 Å². The molecule has 4 rings (SSSR count). The number of benzene rings is 1. The molecule has 0 aliphatic carbocycles. The van der Waals surface area contributed by atoms with Gasteiger partial charge in [-0.2, -0.15) is 0 Å². The summed E-state index contributed by atoms with van der Waals surface area (Å²) in [4.78, 5) is 27.6. The first-order chi connectivity index (χ1) is 13.6. The molecule has 9 heteroatoms. The largest absolute Gasteiger partial charge is 0.371 e. The lowest BCUT2D eigenvalue weighted by atomic mass is 9.89. The quantitative estimate of drug-likeness (QED) is 0.477. The monoisotopic (exact) mass is 422 g/mol. The molecule has 0 spiro atoms. The first-order valence-electron chi connectivity index (χ1n) is 10.3. The number of amides is 2. The third kappa shape index (κ3) is 5.01. The van der Waals surface area contributed by atoms with Gasteiger partial charge in [0.15, 0.2) is 0 Å². The fourth-order valence-electron chi connectivity index (χ4n) is 4.35. The summed E-state index contributed by atoms with van der Waals surface area (Å²) >= 11 is 0. The minimum atomic E-state index is -0.611. The lowest BCUT2D eigenvalue weighted by Gasteiger charge is -2.28. The number of halogens is 1. The van der Waals surface area contributed by atoms with Crippen LogP contribution < -0.4 is 31.7 Å². The lowest BCUT2D eigenvalue weighted by molar-refractivity contribution is -0.128. The predicted octanol–water partition coefficient (Wildman–Crippen LogP) is 0.606. The van der Waals surface area contributed by atoms with E-state index >= 15 is 0 Å². The number of hydrogen-bond acceptors (Lipinski definition) is 6. The van der Waals surface area contributed by atoms with Gasteiger partial charge in [0, 0.05) is 43.0 Å².